The van der Waals surface area contributed by atoms with Crippen LogP contribution in [0.25, 0.3) is 0 Å². The number of benzene rings is 1. The number of pyridine rings is 1. The quantitative estimate of drug-likeness (QED) is 0.856. The van der Waals surface area contributed by atoms with Crippen LogP contribution in [0.4, 0.5) is 23.2 Å². The van der Waals surface area contributed by atoms with Gasteiger partial charge >= 0.3 is 6.18 Å². The Morgan fingerprint density at radius 2 is 1.95 bits per heavy atom. The Morgan fingerprint density at radius 1 is 1.24 bits per heavy atom. The van der Waals surface area contributed by atoms with Crippen LogP contribution in [0.3, 0.4) is 0 Å². The molecule has 0 fully saturated rings. The molecule has 1 aromatic carbocycles. The minimum Gasteiger partial charge on any atom is -0.398 e. The van der Waals surface area contributed by atoms with E-state index in [1.807, 2.05) is 0 Å². The molecule has 112 valence electrons. The molecule has 0 radical (unpaired) electrons. The highest BCUT2D eigenvalue weighted by Gasteiger charge is 2.34. The lowest BCUT2D eigenvalue weighted by molar-refractivity contribution is -0.140. The molecule has 1 aromatic heterocycles. The van der Waals surface area contributed by atoms with Crippen molar-refractivity contribution in [3.8, 4) is 0 Å². The van der Waals surface area contributed by atoms with Crippen LogP contribution in [0.5, 0.6) is 0 Å². The highest BCUT2D eigenvalue weighted by Crippen LogP contribution is 2.33. The van der Waals surface area contributed by atoms with Crippen LogP contribution in [0.1, 0.15) is 22.8 Å². The summed E-state index contributed by atoms with van der Waals surface area (Å²) in [6, 6.07) is 3.93. The summed E-state index contributed by atoms with van der Waals surface area (Å²) in [6.07, 6.45) is -3.17. The molecule has 2 aromatic rings. The predicted molar refractivity (Wildman–Crippen MR) is 68.7 cm³/mol. The Balaban J connectivity index is 2.28. The first-order valence-electron chi connectivity index (χ1n) is 6.02. The summed E-state index contributed by atoms with van der Waals surface area (Å²) in [5, 5.41) is 10.0. The van der Waals surface area contributed by atoms with E-state index in [4.69, 9.17) is 5.73 Å². The molecular formula is C14H12F4N2O. The Kier molecular flexibility index (Phi) is 4.13. The maximum absolute atomic E-state index is 13.2. The van der Waals surface area contributed by atoms with Crippen molar-refractivity contribution in [3.63, 3.8) is 0 Å². The average Bonchev–Trinajstić information content (AvgIpc) is 2.40. The van der Waals surface area contributed by atoms with Crippen molar-refractivity contribution >= 4 is 5.69 Å². The van der Waals surface area contributed by atoms with Crippen LogP contribution in [-0.2, 0) is 12.6 Å². The molecule has 1 unspecified atom stereocenters. The number of halogens is 4. The fourth-order valence-electron chi connectivity index (χ4n) is 1.90. The van der Waals surface area contributed by atoms with Crippen molar-refractivity contribution in [3.05, 3.63) is 59.2 Å². The molecule has 0 saturated heterocycles. The van der Waals surface area contributed by atoms with E-state index in [0.717, 1.165) is 6.07 Å². The molecule has 0 aliphatic rings. The highest BCUT2D eigenvalue weighted by atomic mass is 19.4. The second-order valence-electron chi connectivity index (χ2n) is 4.53. The van der Waals surface area contributed by atoms with Gasteiger partial charge in [-0.05, 0) is 29.3 Å². The number of nitrogen functional groups attached to an aromatic ring is 1. The first-order valence-corrected chi connectivity index (χ1v) is 6.02. The number of anilines is 1. The molecule has 21 heavy (non-hydrogen) atoms. The fraction of sp³-hybridized carbons (Fsp3) is 0.214. The number of aliphatic hydroxyl groups is 1. The van der Waals surface area contributed by atoms with Gasteiger partial charge in [0, 0.05) is 24.5 Å². The molecule has 1 atom stereocenters. The van der Waals surface area contributed by atoms with Crippen LogP contribution in [0, 0.1) is 5.82 Å². The fourth-order valence-corrected chi connectivity index (χ4v) is 1.90. The molecule has 0 saturated carbocycles. The zero-order chi connectivity index (χ0) is 15.6. The van der Waals surface area contributed by atoms with E-state index >= 15 is 0 Å². The summed E-state index contributed by atoms with van der Waals surface area (Å²) in [5.74, 6) is -1.38. The predicted octanol–water partition coefficient (Wildman–Crippen LogP) is 3.10. The van der Waals surface area contributed by atoms with Crippen molar-refractivity contribution in [1.82, 2.24) is 4.98 Å². The third-order valence-corrected chi connectivity index (χ3v) is 3.04. The summed E-state index contributed by atoms with van der Waals surface area (Å²) in [6.45, 7) is 0. The third kappa shape index (κ3) is 3.49. The molecule has 0 aliphatic carbocycles. The van der Waals surface area contributed by atoms with Gasteiger partial charge in [-0.25, -0.2) is 4.39 Å². The zero-order valence-corrected chi connectivity index (χ0v) is 10.7. The van der Waals surface area contributed by atoms with Gasteiger partial charge in [-0.15, -0.1) is 0 Å². The van der Waals surface area contributed by atoms with Gasteiger partial charge in [-0.3, -0.25) is 4.98 Å². The minimum absolute atomic E-state index is 0.0113. The van der Waals surface area contributed by atoms with Crippen LogP contribution < -0.4 is 5.73 Å². The monoisotopic (exact) mass is 300 g/mol. The van der Waals surface area contributed by atoms with E-state index in [2.05, 4.69) is 4.98 Å². The van der Waals surface area contributed by atoms with Crippen LogP contribution in [0.2, 0.25) is 0 Å². The van der Waals surface area contributed by atoms with Crippen LogP contribution in [-0.4, -0.2) is 10.1 Å². The smallest absolute Gasteiger partial charge is 0.398 e. The summed E-state index contributed by atoms with van der Waals surface area (Å²) < 4.78 is 51.1. The zero-order valence-electron chi connectivity index (χ0n) is 10.7. The normalized spacial score (nSPS) is 13.2. The van der Waals surface area contributed by atoms with E-state index in [1.54, 1.807) is 0 Å². The second-order valence-corrected chi connectivity index (χ2v) is 4.53. The summed E-state index contributed by atoms with van der Waals surface area (Å²) in [4.78, 5) is 3.83. The number of nitrogens with zero attached hydrogens (tertiary/aromatic N) is 1. The maximum Gasteiger partial charge on any atom is 0.419 e. The van der Waals surface area contributed by atoms with Crippen molar-refractivity contribution in [2.75, 3.05) is 5.73 Å². The highest BCUT2D eigenvalue weighted by molar-refractivity contribution is 5.45. The first kappa shape index (κ1) is 15.2. The molecule has 0 spiro atoms. The van der Waals surface area contributed by atoms with E-state index in [0.29, 0.717) is 23.4 Å². The van der Waals surface area contributed by atoms with Crippen LogP contribution in [0.15, 0.2) is 36.7 Å². The lowest BCUT2D eigenvalue weighted by atomic mass is 9.99. The molecule has 2 rings (SSSR count). The van der Waals surface area contributed by atoms with Gasteiger partial charge in [0.2, 0.25) is 0 Å². The van der Waals surface area contributed by atoms with E-state index in [1.165, 1.54) is 18.5 Å². The van der Waals surface area contributed by atoms with Crippen LogP contribution >= 0.6 is 0 Å². The number of hydrogen-bond donors (Lipinski definition) is 2. The lowest BCUT2D eigenvalue weighted by Crippen LogP contribution is -2.11. The van der Waals surface area contributed by atoms with Crippen molar-refractivity contribution in [2.45, 2.75) is 18.7 Å². The number of alkyl halides is 3. The number of rotatable bonds is 3. The number of aromatic nitrogens is 1. The number of aliphatic hydroxyl groups excluding tert-OH is 1. The minimum atomic E-state index is -4.81. The van der Waals surface area contributed by atoms with Gasteiger partial charge in [-0.2, -0.15) is 13.2 Å². The topological polar surface area (TPSA) is 59.1 Å². The maximum atomic E-state index is 13.2. The summed E-state index contributed by atoms with van der Waals surface area (Å²) >= 11 is 0. The van der Waals surface area contributed by atoms with Gasteiger partial charge in [0.25, 0.3) is 0 Å². The van der Waals surface area contributed by atoms with Gasteiger partial charge in [-0.1, -0.05) is 6.07 Å². The molecule has 0 bridgehead atoms. The second kappa shape index (κ2) is 5.69. The van der Waals surface area contributed by atoms with Crippen molar-refractivity contribution in [2.24, 2.45) is 0 Å². The molecule has 7 heteroatoms. The Labute approximate surface area is 118 Å². The first-order chi connectivity index (χ1) is 9.79. The van der Waals surface area contributed by atoms with E-state index in [-0.39, 0.29) is 12.0 Å². The van der Waals surface area contributed by atoms with Crippen molar-refractivity contribution < 1.29 is 22.7 Å². The molecule has 1 heterocycles. The third-order valence-electron chi connectivity index (χ3n) is 3.04. The van der Waals surface area contributed by atoms with E-state index < -0.39 is 23.7 Å². The average molecular weight is 300 g/mol. The van der Waals surface area contributed by atoms with E-state index in [9.17, 15) is 22.7 Å². The Morgan fingerprint density at radius 3 is 2.57 bits per heavy atom. The molecule has 0 aliphatic heterocycles. The summed E-state index contributed by atoms with van der Waals surface area (Å²) in [5.41, 5.74) is 5.12. The molecule has 0 amide bonds. The molecule has 3 N–H and O–H groups in total. The van der Waals surface area contributed by atoms with Gasteiger partial charge in [0.15, 0.2) is 0 Å². The standard InChI is InChI=1S/C14H12F4N2O/c15-11-2-1-8(5-10(11)14(16,17)18)13(21)6-9-7-20-4-3-12(9)19/h1-5,7,13,21H,6H2,(H2,19,20). The van der Waals surface area contributed by atoms with Gasteiger partial charge in [0.05, 0.1) is 11.7 Å². The summed E-state index contributed by atoms with van der Waals surface area (Å²) in [7, 11) is 0. The SMILES string of the molecule is Nc1ccncc1CC(O)c1ccc(F)c(C(F)(F)F)c1. The number of hydrogen-bond acceptors (Lipinski definition) is 3. The number of nitrogens with two attached hydrogens (primary N) is 1. The van der Waals surface area contributed by atoms with Gasteiger partial charge in [0.1, 0.15) is 5.82 Å². The molecular weight excluding hydrogens is 288 g/mol. The molecule has 3 nitrogen and oxygen atoms in total. The lowest BCUT2D eigenvalue weighted by Gasteiger charge is -2.15. The van der Waals surface area contributed by atoms with Gasteiger partial charge < -0.3 is 10.8 Å². The Bertz CT molecular complexity index is 643. The largest absolute Gasteiger partial charge is 0.419 e. The Hall–Kier alpha value is -2.15. The van der Waals surface area contributed by atoms with Crippen molar-refractivity contribution in [1.29, 1.82) is 0 Å².